The van der Waals surface area contributed by atoms with Crippen LogP contribution in [0.25, 0.3) is 0 Å². The zero-order chi connectivity index (χ0) is 14.2. The maximum atomic E-state index is 11.9. The highest BCUT2D eigenvalue weighted by Gasteiger charge is 2.25. The molecule has 0 aromatic rings. The van der Waals surface area contributed by atoms with Crippen molar-refractivity contribution < 1.29 is 9.53 Å². The number of amides is 1. The molecule has 0 aromatic heterocycles. The summed E-state index contributed by atoms with van der Waals surface area (Å²) in [6.45, 7) is 7.33. The summed E-state index contributed by atoms with van der Waals surface area (Å²) in [6.07, 6.45) is 4.14. The monoisotopic (exact) mass is 278 g/mol. The first kappa shape index (κ1) is 15.3. The third-order valence-electron chi connectivity index (χ3n) is 4.18. The van der Waals surface area contributed by atoms with Gasteiger partial charge in [-0.05, 0) is 38.3 Å². The fourth-order valence-electron chi connectivity index (χ4n) is 2.77. The van der Waals surface area contributed by atoms with Gasteiger partial charge in [-0.25, -0.2) is 0 Å². The lowest BCUT2D eigenvalue weighted by Gasteiger charge is -2.30. The molecule has 2 fully saturated rings. The van der Waals surface area contributed by atoms with E-state index in [0.717, 1.165) is 58.5 Å². The molecule has 2 heterocycles. The van der Waals surface area contributed by atoms with Gasteiger partial charge in [0.1, 0.15) is 0 Å². The second kappa shape index (κ2) is 8.28. The lowest BCUT2D eigenvalue weighted by atomic mass is 9.96. The highest BCUT2D eigenvalue weighted by Crippen LogP contribution is 2.17. The van der Waals surface area contributed by atoms with Crippen molar-refractivity contribution in [2.45, 2.75) is 32.6 Å². The topological polar surface area (TPSA) is 41.6 Å². The van der Waals surface area contributed by atoms with Crippen molar-refractivity contribution in [3.8, 4) is 11.8 Å². The Morgan fingerprint density at radius 2 is 2.10 bits per heavy atom. The van der Waals surface area contributed by atoms with E-state index in [2.05, 4.69) is 29.0 Å². The Kier molecular flexibility index (Phi) is 6.35. The zero-order valence-corrected chi connectivity index (χ0v) is 12.5. The van der Waals surface area contributed by atoms with Gasteiger partial charge in [-0.3, -0.25) is 9.69 Å². The van der Waals surface area contributed by atoms with E-state index in [0.29, 0.717) is 12.5 Å². The SMILES string of the molecule is CCC#CCN1CCC(CNC(=O)C2CCOC2)CC1. The van der Waals surface area contributed by atoms with Crippen LogP contribution in [-0.2, 0) is 9.53 Å². The van der Waals surface area contributed by atoms with Crippen LogP contribution in [0.5, 0.6) is 0 Å². The third kappa shape index (κ3) is 4.81. The number of likely N-dealkylation sites (tertiary alicyclic amines) is 1. The van der Waals surface area contributed by atoms with Crippen LogP contribution >= 0.6 is 0 Å². The molecule has 20 heavy (non-hydrogen) atoms. The highest BCUT2D eigenvalue weighted by atomic mass is 16.5. The molecule has 1 N–H and O–H groups in total. The Morgan fingerprint density at radius 3 is 2.75 bits per heavy atom. The van der Waals surface area contributed by atoms with Crippen molar-refractivity contribution in [3.63, 3.8) is 0 Å². The van der Waals surface area contributed by atoms with Crippen molar-refractivity contribution in [3.05, 3.63) is 0 Å². The van der Waals surface area contributed by atoms with Crippen LogP contribution in [-0.4, -0.2) is 50.2 Å². The number of hydrogen-bond donors (Lipinski definition) is 1. The molecule has 2 saturated heterocycles. The van der Waals surface area contributed by atoms with Gasteiger partial charge < -0.3 is 10.1 Å². The summed E-state index contributed by atoms with van der Waals surface area (Å²) in [5, 5.41) is 3.10. The number of carbonyl (C=O) groups excluding carboxylic acids is 1. The molecule has 0 aliphatic carbocycles. The Hall–Kier alpha value is -1.05. The minimum absolute atomic E-state index is 0.0828. The molecule has 0 aromatic carbocycles. The first-order valence-corrected chi connectivity index (χ1v) is 7.83. The third-order valence-corrected chi connectivity index (χ3v) is 4.18. The van der Waals surface area contributed by atoms with Crippen LogP contribution in [0.4, 0.5) is 0 Å². The lowest BCUT2D eigenvalue weighted by Crippen LogP contribution is -2.40. The summed E-state index contributed by atoms with van der Waals surface area (Å²) in [6, 6.07) is 0. The summed E-state index contributed by atoms with van der Waals surface area (Å²) in [5.74, 6) is 7.20. The minimum Gasteiger partial charge on any atom is -0.381 e. The second-order valence-corrected chi connectivity index (χ2v) is 5.73. The average Bonchev–Trinajstić information content (AvgIpc) is 3.01. The van der Waals surface area contributed by atoms with Gasteiger partial charge in [0.25, 0.3) is 0 Å². The number of nitrogens with one attached hydrogen (secondary N) is 1. The Morgan fingerprint density at radius 1 is 1.30 bits per heavy atom. The van der Waals surface area contributed by atoms with E-state index in [9.17, 15) is 4.79 Å². The van der Waals surface area contributed by atoms with Gasteiger partial charge in [-0.15, -0.1) is 5.92 Å². The molecule has 1 amide bonds. The summed E-state index contributed by atoms with van der Waals surface area (Å²) >= 11 is 0. The second-order valence-electron chi connectivity index (χ2n) is 5.73. The smallest absolute Gasteiger partial charge is 0.225 e. The average molecular weight is 278 g/mol. The molecular weight excluding hydrogens is 252 g/mol. The fourth-order valence-corrected chi connectivity index (χ4v) is 2.77. The minimum atomic E-state index is 0.0828. The summed E-state index contributed by atoms with van der Waals surface area (Å²) in [4.78, 5) is 14.3. The molecule has 112 valence electrons. The number of piperidine rings is 1. The maximum Gasteiger partial charge on any atom is 0.225 e. The predicted octanol–water partition coefficient (Wildman–Crippen LogP) is 1.26. The van der Waals surface area contributed by atoms with E-state index in [-0.39, 0.29) is 11.8 Å². The van der Waals surface area contributed by atoms with Crippen LogP contribution in [0.2, 0.25) is 0 Å². The first-order valence-electron chi connectivity index (χ1n) is 7.83. The van der Waals surface area contributed by atoms with Gasteiger partial charge >= 0.3 is 0 Å². The Labute approximate surface area is 122 Å². The van der Waals surface area contributed by atoms with E-state index < -0.39 is 0 Å². The largest absolute Gasteiger partial charge is 0.381 e. The maximum absolute atomic E-state index is 11.9. The van der Waals surface area contributed by atoms with E-state index in [1.165, 1.54) is 0 Å². The normalized spacial score (nSPS) is 24.1. The molecule has 2 aliphatic rings. The van der Waals surface area contributed by atoms with Crippen molar-refractivity contribution in [1.29, 1.82) is 0 Å². The van der Waals surface area contributed by atoms with Crippen molar-refractivity contribution in [2.75, 3.05) is 39.4 Å². The van der Waals surface area contributed by atoms with Crippen molar-refractivity contribution in [2.24, 2.45) is 11.8 Å². The van der Waals surface area contributed by atoms with Crippen LogP contribution in [0.3, 0.4) is 0 Å². The lowest BCUT2D eigenvalue weighted by molar-refractivity contribution is -0.125. The number of hydrogen-bond acceptors (Lipinski definition) is 3. The first-order chi connectivity index (χ1) is 9.79. The van der Waals surface area contributed by atoms with Crippen LogP contribution in [0, 0.1) is 23.7 Å². The van der Waals surface area contributed by atoms with Crippen LogP contribution in [0.1, 0.15) is 32.6 Å². The van der Waals surface area contributed by atoms with E-state index >= 15 is 0 Å². The summed E-state index contributed by atoms with van der Waals surface area (Å²) in [5.41, 5.74) is 0. The van der Waals surface area contributed by atoms with Crippen LogP contribution < -0.4 is 5.32 Å². The molecule has 2 rings (SSSR count). The number of ether oxygens (including phenoxy) is 1. The number of carbonyl (C=O) groups is 1. The zero-order valence-electron chi connectivity index (χ0n) is 12.5. The molecule has 4 heteroatoms. The fraction of sp³-hybridized carbons (Fsp3) is 0.812. The Bertz CT molecular complexity index is 358. The van der Waals surface area contributed by atoms with Crippen molar-refractivity contribution in [1.82, 2.24) is 10.2 Å². The van der Waals surface area contributed by atoms with Gasteiger partial charge in [-0.2, -0.15) is 0 Å². The molecule has 0 saturated carbocycles. The summed E-state index contributed by atoms with van der Waals surface area (Å²) < 4.78 is 5.25. The predicted molar refractivity (Wildman–Crippen MR) is 79.2 cm³/mol. The molecule has 4 nitrogen and oxygen atoms in total. The molecular formula is C16H26N2O2. The molecule has 0 bridgehead atoms. The molecule has 0 radical (unpaired) electrons. The highest BCUT2D eigenvalue weighted by molar-refractivity contribution is 5.78. The van der Waals surface area contributed by atoms with Crippen molar-refractivity contribution >= 4 is 5.91 Å². The van der Waals surface area contributed by atoms with E-state index in [4.69, 9.17) is 4.74 Å². The van der Waals surface area contributed by atoms with Gasteiger partial charge in [0.2, 0.25) is 5.91 Å². The standard InChI is InChI=1S/C16H26N2O2/c1-2-3-4-8-18-9-5-14(6-10-18)12-17-16(19)15-7-11-20-13-15/h14-15H,2,5-13H2,1H3,(H,17,19). The van der Waals surface area contributed by atoms with E-state index in [1.54, 1.807) is 0 Å². The Balaban J connectivity index is 1.60. The molecule has 1 atom stereocenters. The van der Waals surface area contributed by atoms with Crippen LogP contribution in [0.15, 0.2) is 0 Å². The van der Waals surface area contributed by atoms with E-state index in [1.807, 2.05) is 0 Å². The summed E-state index contributed by atoms with van der Waals surface area (Å²) in [7, 11) is 0. The number of nitrogens with zero attached hydrogens (tertiary/aromatic N) is 1. The van der Waals surface area contributed by atoms with Gasteiger partial charge in [0, 0.05) is 19.6 Å². The molecule has 1 unspecified atom stereocenters. The van der Waals surface area contributed by atoms with Gasteiger partial charge in [0.05, 0.1) is 19.1 Å². The molecule has 2 aliphatic heterocycles. The quantitative estimate of drug-likeness (QED) is 0.787. The van der Waals surface area contributed by atoms with Gasteiger partial charge in [0.15, 0.2) is 0 Å². The molecule has 0 spiro atoms. The van der Waals surface area contributed by atoms with Gasteiger partial charge in [-0.1, -0.05) is 12.8 Å². The number of rotatable bonds is 4.